The van der Waals surface area contributed by atoms with Gasteiger partial charge in [0.2, 0.25) is 11.7 Å². The Labute approximate surface area is 273 Å². The summed E-state index contributed by atoms with van der Waals surface area (Å²) in [5, 5.41) is 63.3. The summed E-state index contributed by atoms with van der Waals surface area (Å²) in [7, 11) is 0. The Bertz CT molecular complexity index is 1610. The van der Waals surface area contributed by atoms with Crippen molar-refractivity contribution in [3.8, 4) is 28.4 Å². The third-order valence-electron chi connectivity index (χ3n) is 10.2. The fourth-order valence-electron chi connectivity index (χ4n) is 7.16. The standard InChI is InChI=1S/C35H46N2O10/c1-19-7-3-5-13-36(19)15-23-28(39)24(16-37-14-6-4-8-20(37)2)34-27(29(23)40)30(41)25(18-45-34)21-9-11-22(12-10-21)46-35-33(44)32(43)31(42)26(17-38)47-35/h9-12,18-20,26,31-33,35,38-40,42-44H,3-8,13-17H2,1-2H3/t19-,20+,26-,31-,32+,33-,35+/m1/s1. The Hall–Kier alpha value is -3.23. The number of rotatable bonds is 8. The number of aliphatic hydroxyl groups excluding tert-OH is 4. The minimum atomic E-state index is -1.58. The molecule has 3 aliphatic heterocycles. The van der Waals surface area contributed by atoms with Gasteiger partial charge in [-0.1, -0.05) is 25.0 Å². The summed E-state index contributed by atoms with van der Waals surface area (Å²) in [5.74, 6) is -0.0630. The largest absolute Gasteiger partial charge is 0.507 e. The summed E-state index contributed by atoms with van der Waals surface area (Å²) in [6, 6.07) is 6.89. The van der Waals surface area contributed by atoms with Crippen molar-refractivity contribution >= 4 is 11.0 Å². The molecule has 4 heterocycles. The molecule has 3 aromatic rings. The first kappa shape index (κ1) is 33.7. The van der Waals surface area contributed by atoms with E-state index in [1.165, 1.54) is 6.26 Å². The number of aliphatic hydroxyl groups is 4. The molecule has 6 N–H and O–H groups in total. The summed E-state index contributed by atoms with van der Waals surface area (Å²) < 4.78 is 17.2. The van der Waals surface area contributed by atoms with Crippen LogP contribution in [-0.4, -0.2) is 103 Å². The fourth-order valence-corrected chi connectivity index (χ4v) is 7.16. The smallest absolute Gasteiger partial charge is 0.229 e. The van der Waals surface area contributed by atoms with E-state index in [-0.39, 0.29) is 39.8 Å². The van der Waals surface area contributed by atoms with E-state index in [0.29, 0.717) is 35.8 Å². The van der Waals surface area contributed by atoms with Gasteiger partial charge < -0.3 is 44.5 Å². The number of nitrogens with zero attached hydrogens (tertiary/aromatic N) is 2. The molecule has 0 bridgehead atoms. The molecule has 0 unspecified atom stereocenters. The number of phenols is 2. The third-order valence-corrected chi connectivity index (χ3v) is 10.2. The predicted molar refractivity (Wildman–Crippen MR) is 173 cm³/mol. The van der Waals surface area contributed by atoms with Gasteiger partial charge in [0, 0.05) is 25.2 Å². The van der Waals surface area contributed by atoms with Crippen molar-refractivity contribution in [2.24, 2.45) is 0 Å². The third kappa shape index (κ3) is 6.60. The average molecular weight is 655 g/mol. The van der Waals surface area contributed by atoms with Crippen molar-refractivity contribution in [1.29, 1.82) is 0 Å². The highest BCUT2D eigenvalue weighted by atomic mass is 16.7. The molecular formula is C35H46N2O10. The van der Waals surface area contributed by atoms with E-state index in [9.17, 15) is 35.4 Å². The Morgan fingerprint density at radius 2 is 1.45 bits per heavy atom. The van der Waals surface area contributed by atoms with Crippen molar-refractivity contribution < 1.29 is 44.5 Å². The number of piperidine rings is 2. The van der Waals surface area contributed by atoms with Gasteiger partial charge in [0.05, 0.1) is 23.3 Å². The van der Waals surface area contributed by atoms with Gasteiger partial charge in [-0.3, -0.25) is 14.6 Å². The summed E-state index contributed by atoms with van der Waals surface area (Å²) in [4.78, 5) is 18.7. The zero-order chi connectivity index (χ0) is 33.4. The molecule has 47 heavy (non-hydrogen) atoms. The number of likely N-dealkylation sites (tertiary alicyclic amines) is 2. The van der Waals surface area contributed by atoms with Gasteiger partial charge in [0.25, 0.3) is 0 Å². The molecule has 0 spiro atoms. The second kappa shape index (κ2) is 14.1. The first-order valence-electron chi connectivity index (χ1n) is 16.7. The molecule has 256 valence electrons. The van der Waals surface area contributed by atoms with Gasteiger partial charge in [-0.2, -0.15) is 0 Å². The second-order valence-corrected chi connectivity index (χ2v) is 13.3. The molecule has 1 aromatic heterocycles. The highest BCUT2D eigenvalue weighted by Gasteiger charge is 2.44. The number of phenolic OH excluding ortho intramolecular Hbond substituents is 2. The van der Waals surface area contributed by atoms with Crippen LogP contribution in [0.2, 0.25) is 0 Å². The van der Waals surface area contributed by atoms with Crippen LogP contribution in [0.25, 0.3) is 22.1 Å². The average Bonchev–Trinajstić information content (AvgIpc) is 3.07. The van der Waals surface area contributed by atoms with Crippen molar-refractivity contribution in [2.45, 2.75) is 108 Å². The van der Waals surface area contributed by atoms with E-state index >= 15 is 0 Å². The Balaban J connectivity index is 1.36. The lowest BCUT2D eigenvalue weighted by Gasteiger charge is -2.39. The molecule has 0 radical (unpaired) electrons. The van der Waals surface area contributed by atoms with Gasteiger partial charge in [-0.25, -0.2) is 0 Å². The SMILES string of the molecule is C[C@@H]1CCCCN1Cc1c(O)c(CN2CCCC[C@@H]2C)c2occ(-c3ccc(O[C@H]4O[C@H](CO)[C@@H](O)[C@H](O)[C@H]4O)cc3)c(=O)c2c1O. The first-order chi connectivity index (χ1) is 22.6. The van der Waals surface area contributed by atoms with Crippen LogP contribution < -0.4 is 10.2 Å². The summed E-state index contributed by atoms with van der Waals surface area (Å²) in [6.07, 6.45) is 0.634. The molecule has 6 rings (SSSR count). The van der Waals surface area contributed by atoms with Gasteiger partial charge in [-0.15, -0.1) is 0 Å². The number of fused-ring (bicyclic) bond motifs is 1. The molecule has 3 saturated heterocycles. The van der Waals surface area contributed by atoms with E-state index < -0.39 is 42.7 Å². The molecule has 0 saturated carbocycles. The van der Waals surface area contributed by atoms with Gasteiger partial charge in [0.1, 0.15) is 58.9 Å². The molecule has 0 amide bonds. The van der Waals surface area contributed by atoms with Crippen molar-refractivity contribution in [2.75, 3.05) is 19.7 Å². The van der Waals surface area contributed by atoms with E-state index in [1.54, 1.807) is 24.3 Å². The van der Waals surface area contributed by atoms with Gasteiger partial charge in [-0.05, 0) is 70.3 Å². The van der Waals surface area contributed by atoms with Crippen LogP contribution >= 0.6 is 0 Å². The topological polar surface area (TPSA) is 177 Å². The molecule has 3 fully saturated rings. The Kier molecular flexibility index (Phi) is 10.1. The molecular weight excluding hydrogens is 608 g/mol. The van der Waals surface area contributed by atoms with Gasteiger partial charge in [0.15, 0.2) is 0 Å². The number of aromatic hydroxyl groups is 2. The minimum Gasteiger partial charge on any atom is -0.507 e. The highest BCUT2D eigenvalue weighted by Crippen LogP contribution is 2.42. The van der Waals surface area contributed by atoms with Crippen LogP contribution in [0, 0.1) is 0 Å². The van der Waals surface area contributed by atoms with Gasteiger partial charge >= 0.3 is 0 Å². The van der Waals surface area contributed by atoms with Crippen LogP contribution in [-0.2, 0) is 17.8 Å². The number of hydrogen-bond donors (Lipinski definition) is 6. The predicted octanol–water partition coefficient (Wildman–Crippen LogP) is 2.80. The molecule has 0 aliphatic carbocycles. The van der Waals surface area contributed by atoms with Crippen LogP contribution in [0.1, 0.15) is 63.5 Å². The monoisotopic (exact) mass is 654 g/mol. The number of hydrogen-bond acceptors (Lipinski definition) is 12. The molecule has 2 aromatic carbocycles. The Morgan fingerprint density at radius 1 is 0.830 bits per heavy atom. The maximum atomic E-state index is 14.2. The summed E-state index contributed by atoms with van der Waals surface area (Å²) >= 11 is 0. The van der Waals surface area contributed by atoms with Crippen molar-refractivity contribution in [1.82, 2.24) is 9.80 Å². The second-order valence-electron chi connectivity index (χ2n) is 13.3. The zero-order valence-corrected chi connectivity index (χ0v) is 26.9. The van der Waals surface area contributed by atoms with Crippen LogP contribution in [0.5, 0.6) is 17.2 Å². The number of benzene rings is 2. The van der Waals surface area contributed by atoms with Crippen molar-refractivity contribution in [3.05, 3.63) is 51.9 Å². The van der Waals surface area contributed by atoms with Crippen LogP contribution in [0.3, 0.4) is 0 Å². The normalized spacial score (nSPS) is 29.3. The highest BCUT2D eigenvalue weighted by molar-refractivity contribution is 5.92. The lowest BCUT2D eigenvalue weighted by molar-refractivity contribution is -0.277. The summed E-state index contributed by atoms with van der Waals surface area (Å²) in [6.45, 7) is 6.12. The minimum absolute atomic E-state index is 0.0290. The lowest BCUT2D eigenvalue weighted by Crippen LogP contribution is -2.60. The van der Waals surface area contributed by atoms with E-state index in [1.807, 2.05) is 0 Å². The van der Waals surface area contributed by atoms with E-state index in [0.717, 1.165) is 51.6 Å². The first-order valence-corrected chi connectivity index (χ1v) is 16.7. The van der Waals surface area contributed by atoms with Crippen molar-refractivity contribution in [3.63, 3.8) is 0 Å². The fraction of sp³-hybridized carbons (Fsp3) is 0.571. The molecule has 12 heteroatoms. The van der Waals surface area contributed by atoms with E-state index in [2.05, 4.69) is 23.6 Å². The number of ether oxygens (including phenoxy) is 2. The molecule has 3 aliphatic rings. The lowest BCUT2D eigenvalue weighted by atomic mass is 9.96. The van der Waals surface area contributed by atoms with Crippen LogP contribution in [0.15, 0.2) is 39.7 Å². The molecule has 7 atom stereocenters. The maximum Gasteiger partial charge on any atom is 0.229 e. The van der Waals surface area contributed by atoms with Crippen LogP contribution in [0.4, 0.5) is 0 Å². The quantitative estimate of drug-likeness (QED) is 0.210. The maximum absolute atomic E-state index is 14.2. The summed E-state index contributed by atoms with van der Waals surface area (Å²) in [5.41, 5.74) is 1.24. The molecule has 12 nitrogen and oxygen atoms in total. The Morgan fingerprint density at radius 3 is 2.04 bits per heavy atom. The zero-order valence-electron chi connectivity index (χ0n) is 26.9. The van der Waals surface area contributed by atoms with E-state index in [4.69, 9.17) is 13.9 Å².